The van der Waals surface area contributed by atoms with Crippen LogP contribution in [0.2, 0.25) is 10.0 Å². The Bertz CT molecular complexity index is 842. The van der Waals surface area contributed by atoms with Crippen molar-refractivity contribution in [2.24, 2.45) is 11.8 Å². The van der Waals surface area contributed by atoms with Gasteiger partial charge in [-0.3, -0.25) is 9.59 Å². The number of hydrogen-bond acceptors (Lipinski definition) is 3. The number of ketones is 1. The summed E-state index contributed by atoms with van der Waals surface area (Å²) in [5.74, 6) is -0.955. The summed E-state index contributed by atoms with van der Waals surface area (Å²) < 4.78 is 5.21. The van der Waals surface area contributed by atoms with Crippen molar-refractivity contribution in [1.82, 2.24) is 0 Å². The maximum Gasteiger partial charge on any atom is 0.316 e. The van der Waals surface area contributed by atoms with Crippen LogP contribution in [0.15, 0.2) is 48.5 Å². The number of ether oxygens (including phenoxy) is 1. The zero-order valence-corrected chi connectivity index (χ0v) is 18.1. The molecule has 1 fully saturated rings. The largest absolute Gasteiger partial charge is 0.465 e. The Hall–Kier alpha value is -1.84. The van der Waals surface area contributed by atoms with E-state index in [9.17, 15) is 9.59 Å². The van der Waals surface area contributed by atoms with Crippen LogP contribution in [0.5, 0.6) is 0 Å². The lowest BCUT2D eigenvalue weighted by atomic mass is 9.74. The standard InChI is InChI=1S/C24H26Cl2O3/c1-2-29-24(28)21(14-19-12-13-20(25)15-22(19)26)23(27)18-10-8-17(9-11-18)16-6-4-3-5-7-16/h3-7,12-13,15,17-18,21H,2,8-11,14H2,1H3. The van der Waals surface area contributed by atoms with E-state index in [1.54, 1.807) is 25.1 Å². The Kier molecular flexibility index (Phi) is 7.74. The second-order valence-corrected chi connectivity index (χ2v) is 8.45. The van der Waals surface area contributed by atoms with Gasteiger partial charge in [-0.05, 0) is 68.2 Å². The Balaban J connectivity index is 1.70. The fraction of sp³-hybridized carbons (Fsp3) is 0.417. The molecule has 5 heteroatoms. The highest BCUT2D eigenvalue weighted by Gasteiger charge is 2.36. The lowest BCUT2D eigenvalue weighted by Gasteiger charge is -2.30. The summed E-state index contributed by atoms with van der Waals surface area (Å²) >= 11 is 12.3. The topological polar surface area (TPSA) is 43.4 Å². The normalized spacial score (nSPS) is 20.1. The summed E-state index contributed by atoms with van der Waals surface area (Å²) in [5.41, 5.74) is 2.06. The fourth-order valence-corrected chi connectivity index (χ4v) is 4.66. The summed E-state index contributed by atoms with van der Waals surface area (Å²) in [5, 5.41) is 0.990. The first kappa shape index (κ1) is 21.9. The van der Waals surface area contributed by atoms with Gasteiger partial charge in [-0.15, -0.1) is 0 Å². The lowest BCUT2D eigenvalue weighted by Crippen LogP contribution is -2.34. The first-order valence-electron chi connectivity index (χ1n) is 10.2. The van der Waals surface area contributed by atoms with Crippen molar-refractivity contribution in [3.8, 4) is 0 Å². The van der Waals surface area contributed by atoms with Gasteiger partial charge in [0.1, 0.15) is 5.92 Å². The van der Waals surface area contributed by atoms with Gasteiger partial charge in [0.15, 0.2) is 5.78 Å². The zero-order chi connectivity index (χ0) is 20.8. The van der Waals surface area contributed by atoms with Crippen molar-refractivity contribution in [2.45, 2.75) is 44.9 Å². The molecule has 0 heterocycles. The van der Waals surface area contributed by atoms with E-state index in [1.807, 2.05) is 6.07 Å². The Morgan fingerprint density at radius 1 is 1.03 bits per heavy atom. The molecule has 1 aliphatic rings. The first-order chi connectivity index (χ1) is 14.0. The van der Waals surface area contributed by atoms with E-state index in [1.165, 1.54) is 5.56 Å². The average Bonchev–Trinajstić information content (AvgIpc) is 2.73. The first-order valence-corrected chi connectivity index (χ1v) is 10.9. The highest BCUT2D eigenvalue weighted by molar-refractivity contribution is 6.35. The predicted octanol–water partition coefficient (Wildman–Crippen LogP) is 6.26. The second-order valence-electron chi connectivity index (χ2n) is 7.61. The SMILES string of the molecule is CCOC(=O)C(Cc1ccc(Cl)cc1Cl)C(=O)C1CCC(c2ccccc2)CC1. The Morgan fingerprint density at radius 2 is 1.72 bits per heavy atom. The van der Waals surface area contributed by atoms with Crippen molar-refractivity contribution < 1.29 is 14.3 Å². The van der Waals surface area contributed by atoms with E-state index in [4.69, 9.17) is 27.9 Å². The summed E-state index contributed by atoms with van der Waals surface area (Å²) in [6.45, 7) is 2.00. The monoisotopic (exact) mass is 432 g/mol. The molecule has 1 saturated carbocycles. The van der Waals surface area contributed by atoms with Gasteiger partial charge < -0.3 is 4.74 Å². The quantitative estimate of drug-likeness (QED) is 0.383. The van der Waals surface area contributed by atoms with Crippen LogP contribution >= 0.6 is 23.2 Å². The number of halogens is 2. The number of benzene rings is 2. The molecule has 0 N–H and O–H groups in total. The van der Waals surface area contributed by atoms with E-state index in [-0.39, 0.29) is 24.7 Å². The molecule has 3 nitrogen and oxygen atoms in total. The molecule has 154 valence electrons. The van der Waals surface area contributed by atoms with Crippen molar-refractivity contribution >= 4 is 35.0 Å². The van der Waals surface area contributed by atoms with Gasteiger partial charge in [-0.25, -0.2) is 0 Å². The number of esters is 1. The Labute approximate surface area is 182 Å². The van der Waals surface area contributed by atoms with Gasteiger partial charge in [0.25, 0.3) is 0 Å². The van der Waals surface area contributed by atoms with Crippen LogP contribution in [-0.4, -0.2) is 18.4 Å². The minimum atomic E-state index is -0.827. The molecular formula is C24H26Cl2O3. The summed E-state index contributed by atoms with van der Waals surface area (Å²) in [6.07, 6.45) is 3.74. The van der Waals surface area contributed by atoms with Gasteiger partial charge in [0.05, 0.1) is 6.61 Å². The molecule has 0 saturated heterocycles. The molecule has 0 amide bonds. The van der Waals surface area contributed by atoms with E-state index in [0.29, 0.717) is 16.0 Å². The van der Waals surface area contributed by atoms with Gasteiger partial charge in [-0.1, -0.05) is 59.6 Å². The van der Waals surface area contributed by atoms with Crippen LogP contribution < -0.4 is 0 Å². The zero-order valence-electron chi connectivity index (χ0n) is 16.6. The predicted molar refractivity (Wildman–Crippen MR) is 116 cm³/mol. The molecule has 0 spiro atoms. The number of carbonyl (C=O) groups is 2. The molecular weight excluding hydrogens is 407 g/mol. The number of hydrogen-bond donors (Lipinski definition) is 0. The maximum atomic E-state index is 13.3. The maximum absolute atomic E-state index is 13.3. The number of carbonyl (C=O) groups excluding carboxylic acids is 2. The minimum Gasteiger partial charge on any atom is -0.465 e. The molecule has 2 aromatic carbocycles. The molecule has 1 atom stereocenters. The third-order valence-corrected chi connectivity index (χ3v) is 6.34. The van der Waals surface area contributed by atoms with Crippen LogP contribution in [-0.2, 0) is 20.7 Å². The average molecular weight is 433 g/mol. The van der Waals surface area contributed by atoms with Gasteiger partial charge in [0, 0.05) is 16.0 Å². The van der Waals surface area contributed by atoms with Crippen molar-refractivity contribution in [3.05, 3.63) is 69.7 Å². The van der Waals surface area contributed by atoms with Gasteiger partial charge in [-0.2, -0.15) is 0 Å². The van der Waals surface area contributed by atoms with Crippen molar-refractivity contribution in [1.29, 1.82) is 0 Å². The third-order valence-electron chi connectivity index (χ3n) is 5.75. The van der Waals surface area contributed by atoms with E-state index in [2.05, 4.69) is 24.3 Å². The fourth-order valence-electron chi connectivity index (χ4n) is 4.17. The van der Waals surface area contributed by atoms with E-state index >= 15 is 0 Å². The van der Waals surface area contributed by atoms with Crippen LogP contribution in [0.25, 0.3) is 0 Å². The third kappa shape index (κ3) is 5.61. The van der Waals surface area contributed by atoms with Crippen LogP contribution in [0, 0.1) is 11.8 Å². The molecule has 0 radical (unpaired) electrons. The van der Waals surface area contributed by atoms with Crippen LogP contribution in [0.1, 0.15) is 49.7 Å². The molecule has 1 unspecified atom stereocenters. The van der Waals surface area contributed by atoms with Gasteiger partial charge in [0.2, 0.25) is 0 Å². The Morgan fingerprint density at radius 3 is 2.34 bits per heavy atom. The number of Topliss-reactive ketones (excluding diaryl/α,β-unsaturated/α-hetero) is 1. The molecule has 29 heavy (non-hydrogen) atoms. The van der Waals surface area contributed by atoms with Crippen LogP contribution in [0.4, 0.5) is 0 Å². The highest BCUT2D eigenvalue weighted by Crippen LogP contribution is 2.37. The second kappa shape index (κ2) is 10.3. The molecule has 0 bridgehead atoms. The lowest BCUT2D eigenvalue weighted by molar-refractivity contribution is -0.152. The highest BCUT2D eigenvalue weighted by atomic mass is 35.5. The molecule has 3 rings (SSSR count). The summed E-state index contributed by atoms with van der Waals surface area (Å²) in [4.78, 5) is 25.9. The van der Waals surface area contributed by atoms with E-state index in [0.717, 1.165) is 31.2 Å². The minimum absolute atomic E-state index is 0.0269. The van der Waals surface area contributed by atoms with Gasteiger partial charge >= 0.3 is 5.97 Å². The van der Waals surface area contributed by atoms with Crippen LogP contribution in [0.3, 0.4) is 0 Å². The summed E-state index contributed by atoms with van der Waals surface area (Å²) in [6, 6.07) is 15.6. The molecule has 1 aliphatic carbocycles. The smallest absolute Gasteiger partial charge is 0.316 e. The molecule has 0 aromatic heterocycles. The van der Waals surface area contributed by atoms with E-state index < -0.39 is 11.9 Å². The number of rotatable bonds is 7. The molecule has 2 aromatic rings. The molecule has 0 aliphatic heterocycles. The van der Waals surface area contributed by atoms with Crippen molar-refractivity contribution in [3.63, 3.8) is 0 Å². The van der Waals surface area contributed by atoms with Crippen molar-refractivity contribution in [2.75, 3.05) is 6.61 Å². The summed E-state index contributed by atoms with van der Waals surface area (Å²) in [7, 11) is 0.